The average Bonchev–Trinajstić information content (AvgIpc) is 2.38. The van der Waals surface area contributed by atoms with Gasteiger partial charge in [-0.2, -0.15) is 0 Å². The number of aryl methyl sites for hydroxylation is 2. The summed E-state index contributed by atoms with van der Waals surface area (Å²) in [6.45, 7) is 5.07. The monoisotopic (exact) mass is 249 g/mol. The molecule has 0 bridgehead atoms. The van der Waals surface area contributed by atoms with E-state index in [0.717, 1.165) is 35.4 Å². The lowest BCUT2D eigenvalue weighted by Crippen LogP contribution is -2.39. The van der Waals surface area contributed by atoms with E-state index in [-0.39, 0.29) is 6.04 Å². The van der Waals surface area contributed by atoms with Crippen molar-refractivity contribution >= 4 is 0 Å². The molecular formula is C15H23NO2. The molecule has 0 radical (unpaired) electrons. The number of piperidine rings is 1. The van der Waals surface area contributed by atoms with Crippen LogP contribution in [0.2, 0.25) is 0 Å². The molecule has 1 aromatic carbocycles. The maximum atomic E-state index is 10.6. The van der Waals surface area contributed by atoms with Crippen molar-refractivity contribution in [2.75, 3.05) is 13.7 Å². The second kappa shape index (κ2) is 5.72. The topological polar surface area (TPSA) is 41.5 Å². The summed E-state index contributed by atoms with van der Waals surface area (Å²) in [7, 11) is 1.67. The minimum absolute atomic E-state index is 0.147. The normalized spacial score (nSPS) is 21.7. The van der Waals surface area contributed by atoms with Gasteiger partial charge in [0.05, 0.1) is 13.2 Å². The van der Waals surface area contributed by atoms with Crippen LogP contribution < -0.4 is 10.1 Å². The molecule has 1 aliphatic rings. The van der Waals surface area contributed by atoms with E-state index in [0.29, 0.717) is 0 Å². The van der Waals surface area contributed by atoms with Gasteiger partial charge in [0.2, 0.25) is 0 Å². The molecule has 1 heterocycles. The van der Waals surface area contributed by atoms with Crippen LogP contribution in [-0.4, -0.2) is 24.8 Å². The zero-order chi connectivity index (χ0) is 13.1. The van der Waals surface area contributed by atoms with E-state index in [9.17, 15) is 5.11 Å². The molecule has 0 aliphatic carbocycles. The highest BCUT2D eigenvalue weighted by Crippen LogP contribution is 2.33. The summed E-state index contributed by atoms with van der Waals surface area (Å²) in [5.74, 6) is 0.820. The number of hydrogen-bond acceptors (Lipinski definition) is 3. The molecule has 0 saturated carbocycles. The smallest absolute Gasteiger partial charge is 0.127 e. The van der Waals surface area contributed by atoms with Crippen LogP contribution in [0.15, 0.2) is 12.1 Å². The number of methoxy groups -OCH3 is 1. The van der Waals surface area contributed by atoms with Crippen molar-refractivity contribution in [2.24, 2.45) is 0 Å². The first-order valence-electron chi connectivity index (χ1n) is 6.70. The van der Waals surface area contributed by atoms with Crippen molar-refractivity contribution < 1.29 is 9.84 Å². The van der Waals surface area contributed by atoms with Crippen molar-refractivity contribution in [3.8, 4) is 5.75 Å². The molecule has 1 aliphatic heterocycles. The first kappa shape index (κ1) is 13.4. The van der Waals surface area contributed by atoms with Crippen LogP contribution in [0, 0.1) is 13.8 Å². The fraction of sp³-hybridized carbons (Fsp3) is 0.600. The van der Waals surface area contributed by atoms with Gasteiger partial charge in [-0.3, -0.25) is 0 Å². The second-order valence-electron chi connectivity index (χ2n) is 5.21. The van der Waals surface area contributed by atoms with Gasteiger partial charge in [-0.1, -0.05) is 18.1 Å². The fourth-order valence-electron chi connectivity index (χ4n) is 2.85. The molecular weight excluding hydrogens is 226 g/mol. The van der Waals surface area contributed by atoms with Gasteiger partial charge in [0.1, 0.15) is 5.75 Å². The quantitative estimate of drug-likeness (QED) is 0.864. The van der Waals surface area contributed by atoms with E-state index >= 15 is 0 Å². The number of aliphatic hydroxyl groups is 1. The molecule has 3 nitrogen and oxygen atoms in total. The Bertz CT molecular complexity index is 411. The molecule has 3 heteroatoms. The van der Waals surface area contributed by atoms with Crippen LogP contribution in [-0.2, 0) is 0 Å². The third-order valence-electron chi connectivity index (χ3n) is 3.70. The van der Waals surface area contributed by atoms with E-state index in [4.69, 9.17) is 4.74 Å². The Hall–Kier alpha value is -1.06. The van der Waals surface area contributed by atoms with Gasteiger partial charge in [-0.25, -0.2) is 0 Å². The lowest BCUT2D eigenvalue weighted by Gasteiger charge is -2.29. The average molecular weight is 249 g/mol. The Labute approximate surface area is 109 Å². The summed E-state index contributed by atoms with van der Waals surface area (Å²) in [6, 6.07) is 4.27. The summed E-state index contributed by atoms with van der Waals surface area (Å²) in [5.41, 5.74) is 3.16. The van der Waals surface area contributed by atoms with Crippen LogP contribution >= 0.6 is 0 Å². The van der Waals surface area contributed by atoms with Gasteiger partial charge in [0.25, 0.3) is 0 Å². The van der Waals surface area contributed by atoms with Gasteiger partial charge in [-0.15, -0.1) is 0 Å². The lowest BCUT2D eigenvalue weighted by molar-refractivity contribution is 0.111. The van der Waals surface area contributed by atoms with Gasteiger partial charge >= 0.3 is 0 Å². The van der Waals surface area contributed by atoms with Crippen LogP contribution in [0.1, 0.15) is 42.1 Å². The predicted octanol–water partition coefficient (Wildman–Crippen LogP) is 2.49. The second-order valence-corrected chi connectivity index (χ2v) is 5.21. The molecule has 2 rings (SSSR count). The molecule has 0 spiro atoms. The summed E-state index contributed by atoms with van der Waals surface area (Å²) in [4.78, 5) is 0. The molecule has 0 aromatic heterocycles. The summed E-state index contributed by atoms with van der Waals surface area (Å²) in [6.07, 6.45) is 2.92. The molecule has 18 heavy (non-hydrogen) atoms. The van der Waals surface area contributed by atoms with Crippen LogP contribution in [0.4, 0.5) is 0 Å². The molecule has 1 saturated heterocycles. The number of aliphatic hydroxyl groups excluding tert-OH is 1. The number of nitrogens with one attached hydrogen (secondary N) is 1. The Balaban J connectivity index is 2.30. The highest BCUT2D eigenvalue weighted by atomic mass is 16.5. The number of ether oxygens (including phenoxy) is 1. The number of benzene rings is 1. The maximum Gasteiger partial charge on any atom is 0.127 e. The third-order valence-corrected chi connectivity index (χ3v) is 3.70. The van der Waals surface area contributed by atoms with Crippen molar-refractivity contribution in [3.05, 3.63) is 28.8 Å². The van der Waals surface area contributed by atoms with Gasteiger partial charge in [-0.05, 0) is 44.9 Å². The zero-order valence-electron chi connectivity index (χ0n) is 11.5. The number of hydrogen-bond donors (Lipinski definition) is 2. The Morgan fingerprint density at radius 1 is 1.33 bits per heavy atom. The SMILES string of the molecule is COc1c(C)cc(C)cc1C(O)C1CCCCN1. The van der Waals surface area contributed by atoms with E-state index in [1.54, 1.807) is 7.11 Å². The lowest BCUT2D eigenvalue weighted by atomic mass is 9.92. The fourth-order valence-corrected chi connectivity index (χ4v) is 2.85. The molecule has 2 unspecified atom stereocenters. The zero-order valence-corrected chi connectivity index (χ0v) is 11.5. The molecule has 2 N–H and O–H groups in total. The van der Waals surface area contributed by atoms with Crippen LogP contribution in [0.5, 0.6) is 5.75 Å². The summed E-state index contributed by atoms with van der Waals surface area (Å²) in [5, 5.41) is 14.0. The predicted molar refractivity (Wildman–Crippen MR) is 73.1 cm³/mol. The minimum Gasteiger partial charge on any atom is -0.496 e. The Morgan fingerprint density at radius 2 is 2.11 bits per heavy atom. The summed E-state index contributed by atoms with van der Waals surface area (Å²) < 4.78 is 5.46. The van der Waals surface area contributed by atoms with Crippen LogP contribution in [0.3, 0.4) is 0 Å². The van der Waals surface area contributed by atoms with E-state index in [2.05, 4.69) is 18.3 Å². The Kier molecular flexibility index (Phi) is 4.25. The van der Waals surface area contributed by atoms with Gasteiger partial charge < -0.3 is 15.2 Å². The van der Waals surface area contributed by atoms with E-state index < -0.39 is 6.10 Å². The highest BCUT2D eigenvalue weighted by molar-refractivity contribution is 5.45. The van der Waals surface area contributed by atoms with E-state index in [1.165, 1.54) is 12.8 Å². The van der Waals surface area contributed by atoms with E-state index in [1.807, 2.05) is 13.0 Å². The summed E-state index contributed by atoms with van der Waals surface area (Å²) >= 11 is 0. The van der Waals surface area contributed by atoms with Crippen molar-refractivity contribution in [3.63, 3.8) is 0 Å². The van der Waals surface area contributed by atoms with Crippen molar-refractivity contribution in [1.29, 1.82) is 0 Å². The standard InChI is InChI=1S/C15H23NO2/c1-10-8-11(2)15(18-3)12(9-10)14(17)13-6-4-5-7-16-13/h8-9,13-14,16-17H,4-7H2,1-3H3. The first-order valence-corrected chi connectivity index (χ1v) is 6.70. The van der Waals surface area contributed by atoms with Crippen molar-refractivity contribution in [1.82, 2.24) is 5.32 Å². The van der Waals surface area contributed by atoms with Gasteiger partial charge in [0, 0.05) is 11.6 Å². The Morgan fingerprint density at radius 3 is 2.72 bits per heavy atom. The molecule has 0 amide bonds. The molecule has 1 aromatic rings. The minimum atomic E-state index is -0.487. The third kappa shape index (κ3) is 2.68. The molecule has 2 atom stereocenters. The molecule has 100 valence electrons. The van der Waals surface area contributed by atoms with Crippen LogP contribution in [0.25, 0.3) is 0 Å². The maximum absolute atomic E-state index is 10.6. The number of rotatable bonds is 3. The first-order chi connectivity index (χ1) is 8.63. The molecule has 1 fully saturated rings. The van der Waals surface area contributed by atoms with Gasteiger partial charge in [0.15, 0.2) is 0 Å². The van der Waals surface area contributed by atoms with Crippen molar-refractivity contribution in [2.45, 2.75) is 45.3 Å². The highest BCUT2D eigenvalue weighted by Gasteiger charge is 2.25. The largest absolute Gasteiger partial charge is 0.496 e.